The first kappa shape index (κ1) is 13.5. The van der Waals surface area contributed by atoms with Gasteiger partial charge in [0, 0.05) is 0 Å². The molecule has 100 valence electrons. The van der Waals surface area contributed by atoms with Crippen molar-refractivity contribution in [2.24, 2.45) is 0 Å². The van der Waals surface area contributed by atoms with Gasteiger partial charge in [-0.15, -0.1) is 0 Å². The van der Waals surface area contributed by atoms with E-state index in [1.54, 1.807) is 0 Å². The normalized spacial score (nSPS) is 19.0. The lowest BCUT2D eigenvalue weighted by atomic mass is 10.0. The van der Waals surface area contributed by atoms with Gasteiger partial charge in [0.25, 0.3) is 0 Å². The molecule has 1 aromatic carbocycles. The van der Waals surface area contributed by atoms with E-state index in [0.717, 1.165) is 25.0 Å². The zero-order chi connectivity index (χ0) is 13.2. The Labute approximate surface area is 106 Å². The molecule has 1 aliphatic rings. The Morgan fingerprint density at radius 1 is 1.22 bits per heavy atom. The second-order valence-electron chi connectivity index (χ2n) is 4.70. The van der Waals surface area contributed by atoms with E-state index in [2.05, 4.69) is 4.72 Å². The van der Waals surface area contributed by atoms with Crippen LogP contribution in [0.1, 0.15) is 25.7 Å². The second-order valence-corrected chi connectivity index (χ2v) is 6.39. The van der Waals surface area contributed by atoms with Gasteiger partial charge in [0.1, 0.15) is 5.82 Å². The molecule has 0 amide bonds. The van der Waals surface area contributed by atoms with Crippen molar-refractivity contribution in [1.82, 2.24) is 4.72 Å². The van der Waals surface area contributed by atoms with Crippen molar-refractivity contribution in [2.45, 2.75) is 36.1 Å². The molecule has 18 heavy (non-hydrogen) atoms. The Balaban J connectivity index is 2.24. The van der Waals surface area contributed by atoms with Gasteiger partial charge in [0.2, 0.25) is 10.0 Å². The third-order valence-electron chi connectivity index (χ3n) is 3.34. The number of sulfonamides is 1. The quantitative estimate of drug-likeness (QED) is 0.871. The third-order valence-corrected chi connectivity index (χ3v) is 4.93. The monoisotopic (exact) mass is 273 g/mol. The van der Waals surface area contributed by atoms with Gasteiger partial charge in [-0.3, -0.25) is 0 Å². The average Bonchev–Trinajstić information content (AvgIpc) is 2.78. The van der Waals surface area contributed by atoms with Crippen molar-refractivity contribution in [3.05, 3.63) is 30.1 Å². The summed E-state index contributed by atoms with van der Waals surface area (Å²) in [5.74, 6) is -0.480. The SMILES string of the molecule is O=S(=O)(NC1(CO)CCCC1)c1ccc(F)cc1. The maximum atomic E-state index is 12.8. The average molecular weight is 273 g/mol. The van der Waals surface area contributed by atoms with Crippen molar-refractivity contribution < 1.29 is 17.9 Å². The molecule has 0 aliphatic heterocycles. The van der Waals surface area contributed by atoms with E-state index in [1.807, 2.05) is 0 Å². The molecule has 0 unspecified atom stereocenters. The van der Waals surface area contributed by atoms with Crippen molar-refractivity contribution in [2.75, 3.05) is 6.61 Å². The number of nitrogens with one attached hydrogen (secondary N) is 1. The molecule has 4 nitrogen and oxygen atoms in total. The number of benzene rings is 1. The molecule has 0 heterocycles. The zero-order valence-electron chi connectivity index (χ0n) is 9.89. The summed E-state index contributed by atoms with van der Waals surface area (Å²) in [4.78, 5) is 0.0172. The topological polar surface area (TPSA) is 66.4 Å². The van der Waals surface area contributed by atoms with Crippen molar-refractivity contribution in [3.63, 3.8) is 0 Å². The summed E-state index contributed by atoms with van der Waals surface area (Å²) < 4.78 is 39.6. The summed E-state index contributed by atoms with van der Waals surface area (Å²) in [7, 11) is -3.71. The van der Waals surface area contributed by atoms with E-state index in [1.165, 1.54) is 12.1 Å². The summed E-state index contributed by atoms with van der Waals surface area (Å²) in [6, 6.07) is 4.65. The van der Waals surface area contributed by atoms with Crippen molar-refractivity contribution in [3.8, 4) is 0 Å². The van der Waals surface area contributed by atoms with E-state index in [9.17, 15) is 17.9 Å². The Kier molecular flexibility index (Phi) is 3.70. The summed E-state index contributed by atoms with van der Waals surface area (Å²) in [6.45, 7) is -0.215. The number of aliphatic hydroxyl groups is 1. The summed E-state index contributed by atoms with van der Waals surface area (Å²) in [6.07, 6.45) is 3.05. The number of aliphatic hydroxyl groups excluding tert-OH is 1. The molecule has 1 aliphatic carbocycles. The van der Waals surface area contributed by atoms with E-state index in [0.29, 0.717) is 12.8 Å². The van der Waals surface area contributed by atoms with E-state index < -0.39 is 21.4 Å². The summed E-state index contributed by atoms with van der Waals surface area (Å²) in [5, 5.41) is 9.38. The maximum Gasteiger partial charge on any atom is 0.241 e. The lowest BCUT2D eigenvalue weighted by Gasteiger charge is -2.27. The molecule has 0 bridgehead atoms. The number of hydrogen-bond donors (Lipinski definition) is 2. The predicted molar refractivity (Wildman–Crippen MR) is 65.0 cm³/mol. The Hall–Kier alpha value is -0.980. The van der Waals surface area contributed by atoms with Crippen LogP contribution in [0.15, 0.2) is 29.2 Å². The van der Waals surface area contributed by atoms with Gasteiger partial charge in [0.15, 0.2) is 0 Å². The molecule has 1 aromatic rings. The van der Waals surface area contributed by atoms with Gasteiger partial charge in [-0.1, -0.05) is 12.8 Å². The minimum Gasteiger partial charge on any atom is -0.394 e. The fraction of sp³-hybridized carbons (Fsp3) is 0.500. The van der Waals surface area contributed by atoms with Crippen LogP contribution < -0.4 is 4.72 Å². The van der Waals surface area contributed by atoms with Crippen LogP contribution in [-0.4, -0.2) is 25.7 Å². The Morgan fingerprint density at radius 2 is 1.78 bits per heavy atom. The zero-order valence-corrected chi connectivity index (χ0v) is 10.7. The Bertz CT molecular complexity index is 507. The van der Waals surface area contributed by atoms with Crippen LogP contribution >= 0.6 is 0 Å². The number of hydrogen-bond acceptors (Lipinski definition) is 3. The van der Waals surface area contributed by atoms with Crippen LogP contribution in [-0.2, 0) is 10.0 Å². The van der Waals surface area contributed by atoms with E-state index in [-0.39, 0.29) is 11.5 Å². The van der Waals surface area contributed by atoms with Crippen LogP contribution in [0.5, 0.6) is 0 Å². The van der Waals surface area contributed by atoms with Crippen LogP contribution in [0.2, 0.25) is 0 Å². The highest BCUT2D eigenvalue weighted by Crippen LogP contribution is 2.30. The van der Waals surface area contributed by atoms with E-state index >= 15 is 0 Å². The maximum absolute atomic E-state index is 12.8. The molecule has 0 spiro atoms. The smallest absolute Gasteiger partial charge is 0.241 e. The fourth-order valence-electron chi connectivity index (χ4n) is 2.30. The van der Waals surface area contributed by atoms with Crippen LogP contribution in [0.25, 0.3) is 0 Å². The highest BCUT2D eigenvalue weighted by molar-refractivity contribution is 7.89. The van der Waals surface area contributed by atoms with Gasteiger partial charge < -0.3 is 5.11 Å². The molecule has 1 saturated carbocycles. The fourth-order valence-corrected chi connectivity index (χ4v) is 3.75. The summed E-state index contributed by atoms with van der Waals surface area (Å²) in [5.41, 5.74) is -0.757. The van der Waals surface area contributed by atoms with Gasteiger partial charge >= 0.3 is 0 Å². The summed E-state index contributed by atoms with van der Waals surface area (Å²) >= 11 is 0. The van der Waals surface area contributed by atoms with Crippen molar-refractivity contribution in [1.29, 1.82) is 0 Å². The first-order valence-electron chi connectivity index (χ1n) is 5.88. The molecule has 6 heteroatoms. The molecule has 0 atom stereocenters. The van der Waals surface area contributed by atoms with Gasteiger partial charge in [-0.05, 0) is 37.1 Å². The highest BCUT2D eigenvalue weighted by atomic mass is 32.2. The first-order chi connectivity index (χ1) is 8.47. The minimum atomic E-state index is -3.71. The number of rotatable bonds is 4. The van der Waals surface area contributed by atoms with E-state index in [4.69, 9.17) is 0 Å². The molecule has 1 fully saturated rings. The van der Waals surface area contributed by atoms with Gasteiger partial charge in [0.05, 0.1) is 17.0 Å². The standard InChI is InChI=1S/C12H16FNO3S/c13-10-3-5-11(6-4-10)18(16,17)14-12(9-15)7-1-2-8-12/h3-6,14-15H,1-2,7-9H2. The molecule has 0 radical (unpaired) electrons. The molecular weight excluding hydrogens is 257 g/mol. The van der Waals surface area contributed by atoms with Crippen molar-refractivity contribution >= 4 is 10.0 Å². The lowest BCUT2D eigenvalue weighted by Crippen LogP contribution is -2.49. The van der Waals surface area contributed by atoms with Gasteiger partial charge in [-0.25, -0.2) is 17.5 Å². The molecular formula is C12H16FNO3S. The third kappa shape index (κ3) is 2.71. The molecule has 0 saturated heterocycles. The molecule has 0 aromatic heterocycles. The van der Waals surface area contributed by atoms with Crippen LogP contribution in [0.3, 0.4) is 0 Å². The van der Waals surface area contributed by atoms with Crippen LogP contribution in [0, 0.1) is 5.82 Å². The molecule has 2 rings (SSSR count). The predicted octanol–water partition coefficient (Wildman–Crippen LogP) is 1.41. The Morgan fingerprint density at radius 3 is 2.28 bits per heavy atom. The number of halogens is 1. The van der Waals surface area contributed by atoms with Gasteiger partial charge in [-0.2, -0.15) is 0 Å². The van der Waals surface area contributed by atoms with Crippen LogP contribution in [0.4, 0.5) is 4.39 Å². The minimum absolute atomic E-state index is 0.0172. The molecule has 2 N–H and O–H groups in total. The second kappa shape index (κ2) is 4.95. The highest BCUT2D eigenvalue weighted by Gasteiger charge is 2.37. The largest absolute Gasteiger partial charge is 0.394 e. The first-order valence-corrected chi connectivity index (χ1v) is 7.36. The lowest BCUT2D eigenvalue weighted by molar-refractivity contribution is 0.185.